The van der Waals surface area contributed by atoms with Crippen molar-refractivity contribution in [2.75, 3.05) is 6.61 Å². The fourth-order valence-electron chi connectivity index (χ4n) is 3.50. The zero-order chi connectivity index (χ0) is 23.7. The van der Waals surface area contributed by atoms with Crippen LogP contribution in [0.3, 0.4) is 0 Å². The lowest BCUT2D eigenvalue weighted by Crippen LogP contribution is -2.20. The number of aromatic nitrogens is 2. The second-order valence-electron chi connectivity index (χ2n) is 7.24. The molecule has 0 aliphatic rings. The van der Waals surface area contributed by atoms with Crippen LogP contribution in [0.2, 0.25) is 5.02 Å². The van der Waals surface area contributed by atoms with Crippen LogP contribution in [0, 0.1) is 11.3 Å². The predicted octanol–water partition coefficient (Wildman–Crippen LogP) is 6.01. The molecule has 0 amide bonds. The Labute approximate surface area is 206 Å². The fraction of sp³-hybridized carbons (Fsp3) is 0.0400. The van der Waals surface area contributed by atoms with Gasteiger partial charge in [-0.25, -0.2) is 4.98 Å². The summed E-state index contributed by atoms with van der Waals surface area (Å²) in [5.41, 5.74) is 1.35. The first kappa shape index (κ1) is 21.9. The van der Waals surface area contributed by atoms with Crippen LogP contribution in [-0.2, 0) is 0 Å². The van der Waals surface area contributed by atoms with Crippen LogP contribution in [0.1, 0.15) is 5.56 Å². The monoisotopic (exact) mass is 532 g/mol. The van der Waals surface area contributed by atoms with Crippen LogP contribution in [-0.4, -0.2) is 22.5 Å². The van der Waals surface area contributed by atoms with E-state index in [1.54, 1.807) is 60.7 Å². The molecule has 0 aliphatic heterocycles. The summed E-state index contributed by atoms with van der Waals surface area (Å²) in [6.45, 7) is -0.118. The fourth-order valence-corrected chi connectivity index (χ4v) is 4.06. The van der Waals surface area contributed by atoms with Crippen LogP contribution in [0.5, 0.6) is 5.75 Å². The van der Waals surface area contributed by atoms with Gasteiger partial charge in [0.2, 0.25) is 5.82 Å². The highest BCUT2D eigenvalue weighted by Gasteiger charge is 2.17. The van der Waals surface area contributed by atoms with Crippen molar-refractivity contribution in [3.8, 4) is 23.4 Å². The average molecular weight is 534 g/mol. The number of hydrogen-bond donors (Lipinski definition) is 0. The van der Waals surface area contributed by atoms with Crippen LogP contribution in [0.25, 0.3) is 33.5 Å². The highest BCUT2D eigenvalue weighted by Crippen LogP contribution is 2.29. The van der Waals surface area contributed by atoms with E-state index in [0.717, 1.165) is 9.86 Å². The minimum absolute atomic E-state index is 0.118. The molecule has 9 heteroatoms. The third-order valence-corrected chi connectivity index (χ3v) is 5.76. The Morgan fingerprint density at radius 3 is 2.88 bits per heavy atom. The maximum atomic E-state index is 13.4. The number of hydrogen-bond acceptors (Lipinski definition) is 6. The van der Waals surface area contributed by atoms with E-state index in [1.807, 2.05) is 12.1 Å². The summed E-state index contributed by atoms with van der Waals surface area (Å²) in [7, 11) is 0. The summed E-state index contributed by atoms with van der Waals surface area (Å²) in [6.07, 6.45) is 1.48. The van der Waals surface area contributed by atoms with Gasteiger partial charge in [0.1, 0.15) is 17.4 Å². The molecule has 0 saturated heterocycles. The van der Waals surface area contributed by atoms with E-state index in [2.05, 4.69) is 26.0 Å². The second kappa shape index (κ2) is 9.14. The maximum absolute atomic E-state index is 13.4. The number of nitrogens with zero attached hydrogens (tertiary/aromatic N) is 4. The summed E-state index contributed by atoms with van der Waals surface area (Å²) >= 11 is 9.54. The highest BCUT2D eigenvalue weighted by molar-refractivity contribution is 9.10. The molecular weight excluding hydrogens is 520 g/mol. The van der Waals surface area contributed by atoms with Crippen molar-refractivity contribution >= 4 is 55.6 Å². The van der Waals surface area contributed by atoms with Crippen LogP contribution in [0.15, 0.2) is 85.5 Å². The normalized spacial score (nSPS) is 11.3. The van der Waals surface area contributed by atoms with Crippen molar-refractivity contribution in [3.63, 3.8) is 0 Å². The predicted molar refractivity (Wildman–Crippen MR) is 134 cm³/mol. The molecule has 0 saturated carbocycles. The third kappa shape index (κ3) is 4.19. The van der Waals surface area contributed by atoms with Crippen LogP contribution >= 0.6 is 27.5 Å². The molecular formula is C25H14BrClN4O3. The van der Waals surface area contributed by atoms with Gasteiger partial charge >= 0.3 is 0 Å². The third-order valence-electron chi connectivity index (χ3n) is 5.03. The van der Waals surface area contributed by atoms with E-state index in [1.165, 1.54) is 10.9 Å². The Balaban J connectivity index is 1.70. The number of fused-ring (bicyclic) bond motifs is 2. The van der Waals surface area contributed by atoms with Crippen molar-refractivity contribution in [1.82, 2.24) is 9.66 Å². The largest absolute Gasteiger partial charge is 0.478 e. The molecule has 0 fully saturated rings. The number of ether oxygens (including phenoxy) is 1. The molecule has 0 bridgehead atoms. The molecule has 0 spiro atoms. The van der Waals surface area contributed by atoms with Gasteiger partial charge < -0.3 is 9.15 Å². The van der Waals surface area contributed by atoms with Crippen molar-refractivity contribution < 1.29 is 9.15 Å². The van der Waals surface area contributed by atoms with E-state index in [0.29, 0.717) is 38.6 Å². The molecule has 7 nitrogen and oxygen atoms in total. The minimum Gasteiger partial charge on any atom is -0.478 e. The molecule has 0 unspecified atom stereocenters. The lowest BCUT2D eigenvalue weighted by atomic mass is 10.2. The molecule has 166 valence electrons. The molecule has 0 aliphatic carbocycles. The smallest absolute Gasteiger partial charge is 0.282 e. The van der Waals surface area contributed by atoms with Gasteiger partial charge in [-0.15, -0.1) is 0 Å². The second-order valence-corrected chi connectivity index (χ2v) is 8.59. The summed E-state index contributed by atoms with van der Waals surface area (Å²) in [4.78, 5) is 18.1. The SMILES string of the molecule is N#CCOc1ccc(Br)cc1C=Nn1c(-c2cc3cc(Cl)ccc3o2)nc2ccccc2c1=O. The maximum Gasteiger partial charge on any atom is 0.282 e. The molecule has 34 heavy (non-hydrogen) atoms. The van der Waals surface area contributed by atoms with Gasteiger partial charge in [-0.2, -0.15) is 15.0 Å². The van der Waals surface area contributed by atoms with Crippen molar-refractivity contribution in [3.05, 3.63) is 92.1 Å². The molecule has 2 aromatic heterocycles. The summed E-state index contributed by atoms with van der Waals surface area (Å²) in [5, 5.41) is 15.1. The minimum atomic E-state index is -0.357. The van der Waals surface area contributed by atoms with Gasteiger partial charge in [-0.3, -0.25) is 4.79 Å². The standard InChI is InChI=1S/C25H14BrClN4O3/c26-17-5-7-21(33-10-9-28)16(11-17)14-29-31-24(30-20-4-2-1-3-19(20)25(31)32)23-13-15-12-18(27)6-8-22(15)34-23/h1-8,11-14H,10H2. The van der Waals surface area contributed by atoms with Gasteiger partial charge in [0.15, 0.2) is 12.4 Å². The van der Waals surface area contributed by atoms with E-state index < -0.39 is 0 Å². The van der Waals surface area contributed by atoms with E-state index in [9.17, 15) is 4.79 Å². The molecule has 2 heterocycles. The average Bonchev–Trinajstić information content (AvgIpc) is 3.26. The Morgan fingerprint density at radius 2 is 2.03 bits per heavy atom. The van der Waals surface area contributed by atoms with E-state index in [4.69, 9.17) is 26.0 Å². The van der Waals surface area contributed by atoms with Crippen LogP contribution < -0.4 is 10.3 Å². The quantitative estimate of drug-likeness (QED) is 0.258. The number of para-hydroxylation sites is 1. The van der Waals surface area contributed by atoms with Gasteiger partial charge in [-0.05, 0) is 54.6 Å². The molecule has 0 N–H and O–H groups in total. The first-order chi connectivity index (χ1) is 16.5. The molecule has 3 aromatic carbocycles. The van der Waals surface area contributed by atoms with E-state index in [-0.39, 0.29) is 18.0 Å². The molecule has 5 rings (SSSR count). The lowest BCUT2D eigenvalue weighted by molar-refractivity contribution is 0.367. The summed E-state index contributed by atoms with van der Waals surface area (Å²) < 4.78 is 13.4. The van der Waals surface area contributed by atoms with Gasteiger partial charge in [0, 0.05) is 20.4 Å². The van der Waals surface area contributed by atoms with Crippen LogP contribution in [0.4, 0.5) is 0 Å². The van der Waals surface area contributed by atoms with E-state index >= 15 is 0 Å². The number of halogens is 2. The number of nitriles is 1. The van der Waals surface area contributed by atoms with Crippen molar-refractivity contribution in [2.45, 2.75) is 0 Å². The van der Waals surface area contributed by atoms with Gasteiger partial charge in [-0.1, -0.05) is 39.7 Å². The Bertz CT molecular complexity index is 1680. The highest BCUT2D eigenvalue weighted by atomic mass is 79.9. The Kier molecular flexibility index (Phi) is 5.88. The molecule has 0 radical (unpaired) electrons. The van der Waals surface area contributed by atoms with Crippen molar-refractivity contribution in [1.29, 1.82) is 5.26 Å². The number of furan rings is 1. The summed E-state index contributed by atoms with van der Waals surface area (Å²) in [6, 6.07) is 21.3. The first-order valence-corrected chi connectivity index (χ1v) is 11.3. The lowest BCUT2D eigenvalue weighted by Gasteiger charge is -2.09. The van der Waals surface area contributed by atoms with Crippen molar-refractivity contribution in [2.24, 2.45) is 5.10 Å². The van der Waals surface area contributed by atoms with Gasteiger partial charge in [0.05, 0.1) is 17.1 Å². The zero-order valence-electron chi connectivity index (χ0n) is 17.4. The van der Waals surface area contributed by atoms with Gasteiger partial charge in [0.25, 0.3) is 5.56 Å². The topological polar surface area (TPSA) is 93.4 Å². The Morgan fingerprint density at radius 1 is 1.18 bits per heavy atom. The molecule has 0 atom stereocenters. The molecule has 5 aromatic rings. The number of rotatable bonds is 5. The Hall–Kier alpha value is -3.93. The zero-order valence-corrected chi connectivity index (χ0v) is 19.7. The first-order valence-electron chi connectivity index (χ1n) is 10.1. The summed E-state index contributed by atoms with van der Waals surface area (Å²) in [5.74, 6) is 1.06. The number of benzene rings is 3.